The maximum atomic E-state index is 14.2. The summed E-state index contributed by atoms with van der Waals surface area (Å²) in [6.07, 6.45) is 0.454. The lowest BCUT2D eigenvalue weighted by molar-refractivity contribution is -0.158. The van der Waals surface area contributed by atoms with E-state index in [4.69, 9.17) is 15.2 Å². The molecule has 0 aromatic carbocycles. The van der Waals surface area contributed by atoms with Gasteiger partial charge in [-0.2, -0.15) is 18.2 Å². The van der Waals surface area contributed by atoms with Crippen LogP contribution in [0.25, 0.3) is 5.65 Å². The molecule has 1 saturated heterocycles. The van der Waals surface area contributed by atoms with E-state index in [0.29, 0.717) is 31.5 Å². The van der Waals surface area contributed by atoms with Crippen LogP contribution in [0.15, 0.2) is 24.4 Å². The SMILES string of the molecule is CC1(COc2nc(N)nc([C@@H]3CCC[C@H](c4nnc5ccccn45)C3)c2C(F)(F)F)CCO1. The number of nitrogens with zero attached hydrogens (tertiary/aromatic N) is 5. The highest BCUT2D eigenvalue weighted by atomic mass is 19.4. The van der Waals surface area contributed by atoms with Crippen molar-refractivity contribution in [2.45, 2.75) is 62.6 Å². The molecule has 2 aliphatic rings. The zero-order valence-corrected chi connectivity index (χ0v) is 18.2. The van der Waals surface area contributed by atoms with E-state index in [9.17, 15) is 13.2 Å². The molecule has 8 nitrogen and oxygen atoms in total. The number of alkyl halides is 3. The molecule has 0 amide bonds. The number of nitrogens with two attached hydrogens (primary N) is 1. The first-order valence-corrected chi connectivity index (χ1v) is 11.0. The van der Waals surface area contributed by atoms with Gasteiger partial charge in [0.2, 0.25) is 11.8 Å². The lowest BCUT2D eigenvalue weighted by Crippen LogP contribution is -2.46. The summed E-state index contributed by atoms with van der Waals surface area (Å²) in [4.78, 5) is 7.88. The van der Waals surface area contributed by atoms with E-state index in [1.807, 2.05) is 28.8 Å². The van der Waals surface area contributed by atoms with Crippen LogP contribution in [0, 0.1) is 0 Å². The van der Waals surface area contributed by atoms with Crippen LogP contribution in [0.1, 0.15) is 67.9 Å². The number of fused-ring (bicyclic) bond motifs is 1. The number of hydrogen-bond acceptors (Lipinski definition) is 7. The van der Waals surface area contributed by atoms with Crippen LogP contribution in [0.2, 0.25) is 0 Å². The zero-order valence-electron chi connectivity index (χ0n) is 18.2. The highest BCUT2D eigenvalue weighted by Gasteiger charge is 2.44. The topological polar surface area (TPSA) is 100 Å². The summed E-state index contributed by atoms with van der Waals surface area (Å²) in [6, 6.07) is 5.59. The van der Waals surface area contributed by atoms with Gasteiger partial charge in [0.1, 0.15) is 23.6 Å². The molecule has 176 valence electrons. The predicted molar refractivity (Wildman–Crippen MR) is 113 cm³/mol. The molecule has 4 heterocycles. The minimum atomic E-state index is -4.69. The molecule has 33 heavy (non-hydrogen) atoms. The molecule has 0 radical (unpaired) electrons. The highest BCUT2D eigenvalue weighted by molar-refractivity contribution is 5.41. The summed E-state index contributed by atoms with van der Waals surface area (Å²) in [5.74, 6) is -0.526. The van der Waals surface area contributed by atoms with Gasteiger partial charge in [0.05, 0.1) is 12.3 Å². The Balaban J connectivity index is 1.48. The summed E-state index contributed by atoms with van der Waals surface area (Å²) >= 11 is 0. The Morgan fingerprint density at radius 2 is 2.00 bits per heavy atom. The summed E-state index contributed by atoms with van der Waals surface area (Å²) in [5, 5.41) is 8.51. The number of anilines is 1. The third kappa shape index (κ3) is 4.21. The summed E-state index contributed by atoms with van der Waals surface area (Å²) in [7, 11) is 0. The van der Waals surface area contributed by atoms with E-state index in [-0.39, 0.29) is 24.2 Å². The van der Waals surface area contributed by atoms with E-state index >= 15 is 0 Å². The van der Waals surface area contributed by atoms with Gasteiger partial charge in [-0.25, -0.2) is 4.98 Å². The van der Waals surface area contributed by atoms with Crippen molar-refractivity contribution >= 4 is 11.6 Å². The normalized spacial score (nSPS) is 25.7. The number of ether oxygens (including phenoxy) is 2. The molecule has 11 heteroatoms. The number of pyridine rings is 1. The van der Waals surface area contributed by atoms with Gasteiger partial charge in [0.25, 0.3) is 0 Å². The molecule has 1 unspecified atom stereocenters. The molecule has 0 spiro atoms. The summed E-state index contributed by atoms with van der Waals surface area (Å²) < 4.78 is 55.6. The van der Waals surface area contributed by atoms with E-state index in [2.05, 4.69) is 20.2 Å². The van der Waals surface area contributed by atoms with Gasteiger partial charge in [-0.05, 0) is 38.3 Å². The molecular weight excluding hydrogens is 437 g/mol. The average Bonchev–Trinajstić information content (AvgIpc) is 3.19. The van der Waals surface area contributed by atoms with Crippen molar-refractivity contribution in [2.75, 3.05) is 18.9 Å². The summed E-state index contributed by atoms with van der Waals surface area (Å²) in [5.41, 5.74) is 4.87. The van der Waals surface area contributed by atoms with Crippen molar-refractivity contribution in [1.29, 1.82) is 0 Å². The van der Waals surface area contributed by atoms with Crippen LogP contribution >= 0.6 is 0 Å². The van der Waals surface area contributed by atoms with E-state index in [1.54, 1.807) is 6.92 Å². The van der Waals surface area contributed by atoms with E-state index in [1.165, 1.54) is 0 Å². The Morgan fingerprint density at radius 3 is 2.73 bits per heavy atom. The van der Waals surface area contributed by atoms with Gasteiger partial charge in [0.15, 0.2) is 5.65 Å². The van der Waals surface area contributed by atoms with Gasteiger partial charge < -0.3 is 15.2 Å². The first-order chi connectivity index (χ1) is 15.7. The highest BCUT2D eigenvalue weighted by Crippen LogP contribution is 2.46. The molecular formula is C22H25F3N6O2. The second kappa shape index (κ2) is 8.12. The maximum Gasteiger partial charge on any atom is 0.423 e. The van der Waals surface area contributed by atoms with Crippen molar-refractivity contribution in [3.05, 3.63) is 41.5 Å². The second-order valence-corrected chi connectivity index (χ2v) is 9.03. The third-order valence-electron chi connectivity index (χ3n) is 6.57. The minimum Gasteiger partial charge on any atom is -0.474 e. The van der Waals surface area contributed by atoms with Gasteiger partial charge >= 0.3 is 6.18 Å². The standard InChI is InChI=1S/C22H25F3N6O2/c1-21(8-10-33-21)12-32-19-16(22(23,24)25)17(27-20(26)28-19)13-5-4-6-14(11-13)18-30-29-15-7-2-3-9-31(15)18/h2-3,7,9,13-14H,4-6,8,10-12H2,1H3,(H2,26,27,28)/t13-,14+,21?/m1/s1. The number of halogens is 3. The fraction of sp³-hybridized carbons (Fsp3) is 0.545. The van der Waals surface area contributed by atoms with E-state index in [0.717, 1.165) is 18.7 Å². The van der Waals surface area contributed by atoms with Gasteiger partial charge in [-0.15, -0.1) is 10.2 Å². The Morgan fingerprint density at radius 1 is 1.21 bits per heavy atom. The molecule has 3 aromatic rings. The number of aromatic nitrogens is 5. The molecule has 5 rings (SSSR count). The number of hydrogen-bond donors (Lipinski definition) is 1. The largest absolute Gasteiger partial charge is 0.474 e. The maximum absolute atomic E-state index is 14.2. The van der Waals surface area contributed by atoms with Crippen LogP contribution in [-0.2, 0) is 10.9 Å². The Kier molecular flexibility index (Phi) is 5.38. The zero-order chi connectivity index (χ0) is 23.2. The molecule has 3 atom stereocenters. The fourth-order valence-electron chi connectivity index (χ4n) is 4.74. The quantitative estimate of drug-likeness (QED) is 0.609. The Hall–Kier alpha value is -2.95. The van der Waals surface area contributed by atoms with Gasteiger partial charge in [-0.1, -0.05) is 12.5 Å². The van der Waals surface area contributed by atoms with Crippen LogP contribution in [0.5, 0.6) is 5.88 Å². The third-order valence-corrected chi connectivity index (χ3v) is 6.57. The molecule has 2 fully saturated rings. The monoisotopic (exact) mass is 462 g/mol. The van der Waals surface area contributed by atoms with Crippen molar-refractivity contribution in [3.63, 3.8) is 0 Å². The summed E-state index contributed by atoms with van der Waals surface area (Å²) in [6.45, 7) is 2.32. The first-order valence-electron chi connectivity index (χ1n) is 11.0. The molecule has 3 aromatic heterocycles. The number of rotatable bonds is 5. The molecule has 1 aliphatic carbocycles. The van der Waals surface area contributed by atoms with E-state index < -0.39 is 29.1 Å². The van der Waals surface area contributed by atoms with Crippen molar-refractivity contribution in [2.24, 2.45) is 0 Å². The smallest absolute Gasteiger partial charge is 0.423 e. The van der Waals surface area contributed by atoms with Crippen LogP contribution in [0.3, 0.4) is 0 Å². The lowest BCUT2D eigenvalue weighted by Gasteiger charge is -2.38. The van der Waals surface area contributed by atoms with Gasteiger partial charge in [-0.3, -0.25) is 4.40 Å². The average molecular weight is 462 g/mol. The Bertz CT molecular complexity index is 1160. The van der Waals surface area contributed by atoms with Crippen LogP contribution in [-0.4, -0.2) is 43.4 Å². The van der Waals surface area contributed by atoms with Crippen molar-refractivity contribution < 1.29 is 22.6 Å². The lowest BCUT2D eigenvalue weighted by atomic mass is 9.78. The minimum absolute atomic E-state index is 0.0367. The Labute approximate surface area is 188 Å². The molecule has 1 aliphatic heterocycles. The fourth-order valence-corrected chi connectivity index (χ4v) is 4.74. The number of nitrogen functional groups attached to an aromatic ring is 1. The molecule has 2 N–H and O–H groups in total. The van der Waals surface area contributed by atoms with Crippen molar-refractivity contribution in [1.82, 2.24) is 24.6 Å². The predicted octanol–water partition coefficient (Wildman–Crippen LogP) is 4.12. The van der Waals surface area contributed by atoms with Crippen LogP contribution in [0.4, 0.5) is 19.1 Å². The second-order valence-electron chi connectivity index (χ2n) is 9.03. The molecule has 1 saturated carbocycles. The van der Waals surface area contributed by atoms with Crippen molar-refractivity contribution in [3.8, 4) is 5.88 Å². The van der Waals surface area contributed by atoms with Crippen LogP contribution < -0.4 is 10.5 Å². The molecule has 0 bridgehead atoms. The first kappa shape index (κ1) is 21.9. The van der Waals surface area contributed by atoms with Gasteiger partial charge in [0, 0.05) is 24.5 Å².